The van der Waals surface area contributed by atoms with Gasteiger partial charge in [0.1, 0.15) is 0 Å². The molecule has 1 heterocycles. The summed E-state index contributed by atoms with van der Waals surface area (Å²) in [6.45, 7) is 3.83. The number of hydrogen-bond donors (Lipinski definition) is 1. The second-order valence-corrected chi connectivity index (χ2v) is 3.57. The second kappa shape index (κ2) is 6.58. The summed E-state index contributed by atoms with van der Waals surface area (Å²) in [6.07, 6.45) is 9.58. The van der Waals surface area contributed by atoms with Crippen LogP contribution in [0, 0.1) is 6.92 Å². The number of hydrogen-bond acceptors (Lipinski definition) is 3. The molecular weight excluding hydrogens is 214 g/mol. The minimum Gasteiger partial charge on any atom is -0.359 e. The molecule has 1 aromatic heterocycles. The van der Waals surface area contributed by atoms with Crippen LogP contribution in [-0.2, 0) is 11.2 Å². The highest BCUT2D eigenvalue weighted by molar-refractivity contribution is 5.78. The standard InChI is InChI=1S/C13H17N3O/c1-4-5-6-7-12-15-9-11(10(2)16-12)8-13(17)14-3/h4-7,9H,8H2,1-3H3,(H,14,17)/b5-4-,7-6-. The lowest BCUT2D eigenvalue weighted by Crippen LogP contribution is -2.20. The zero-order chi connectivity index (χ0) is 12.7. The van der Waals surface area contributed by atoms with Crippen molar-refractivity contribution in [1.29, 1.82) is 0 Å². The van der Waals surface area contributed by atoms with E-state index in [1.807, 2.05) is 38.2 Å². The largest absolute Gasteiger partial charge is 0.359 e. The van der Waals surface area contributed by atoms with Crippen molar-refractivity contribution in [1.82, 2.24) is 15.3 Å². The molecule has 0 aliphatic rings. The van der Waals surface area contributed by atoms with E-state index in [2.05, 4.69) is 15.3 Å². The van der Waals surface area contributed by atoms with E-state index in [0.29, 0.717) is 12.2 Å². The number of nitrogens with one attached hydrogen (secondary N) is 1. The Kier molecular flexibility index (Phi) is 5.07. The number of amides is 1. The SMILES string of the molecule is C/C=C\C=C/c1ncc(CC(=O)NC)c(C)n1. The molecule has 0 atom stereocenters. The fourth-order valence-corrected chi connectivity index (χ4v) is 1.28. The minimum atomic E-state index is -0.0334. The van der Waals surface area contributed by atoms with Gasteiger partial charge in [-0.1, -0.05) is 18.2 Å². The van der Waals surface area contributed by atoms with Crippen LogP contribution >= 0.6 is 0 Å². The normalized spacial score (nSPS) is 11.2. The van der Waals surface area contributed by atoms with Gasteiger partial charge in [0, 0.05) is 24.5 Å². The number of aryl methyl sites for hydroxylation is 1. The van der Waals surface area contributed by atoms with Crippen molar-refractivity contribution in [3.63, 3.8) is 0 Å². The Bertz CT molecular complexity index is 450. The van der Waals surface area contributed by atoms with Crippen LogP contribution in [0.1, 0.15) is 24.0 Å². The Hall–Kier alpha value is -1.97. The van der Waals surface area contributed by atoms with Gasteiger partial charge >= 0.3 is 0 Å². The first-order valence-electron chi connectivity index (χ1n) is 5.49. The quantitative estimate of drug-likeness (QED) is 0.802. The Labute approximate surface area is 101 Å². The molecule has 0 aliphatic carbocycles. The molecule has 0 aliphatic heterocycles. The van der Waals surface area contributed by atoms with Gasteiger partial charge in [0.05, 0.1) is 6.42 Å². The summed E-state index contributed by atoms with van der Waals surface area (Å²) in [5, 5.41) is 2.58. The number of rotatable bonds is 4. The van der Waals surface area contributed by atoms with Gasteiger partial charge in [-0.2, -0.15) is 0 Å². The van der Waals surface area contributed by atoms with Crippen molar-refractivity contribution in [3.8, 4) is 0 Å². The van der Waals surface area contributed by atoms with Gasteiger partial charge in [-0.3, -0.25) is 4.79 Å². The minimum absolute atomic E-state index is 0.0334. The lowest BCUT2D eigenvalue weighted by molar-refractivity contribution is -0.119. The number of allylic oxidation sites excluding steroid dienone is 3. The lowest BCUT2D eigenvalue weighted by Gasteiger charge is -2.04. The van der Waals surface area contributed by atoms with E-state index in [9.17, 15) is 4.79 Å². The van der Waals surface area contributed by atoms with E-state index in [1.165, 1.54) is 0 Å². The van der Waals surface area contributed by atoms with Crippen molar-refractivity contribution in [2.75, 3.05) is 7.05 Å². The van der Waals surface area contributed by atoms with E-state index < -0.39 is 0 Å². The molecular formula is C13H17N3O. The molecule has 0 unspecified atom stereocenters. The Morgan fingerprint density at radius 1 is 1.47 bits per heavy atom. The average Bonchev–Trinajstić information content (AvgIpc) is 2.32. The summed E-state index contributed by atoms with van der Waals surface area (Å²) in [4.78, 5) is 19.7. The molecule has 0 bridgehead atoms. The number of likely N-dealkylation sites (N-methyl/N-ethyl adjacent to an activating group) is 1. The van der Waals surface area contributed by atoms with Crippen LogP contribution in [0.5, 0.6) is 0 Å². The van der Waals surface area contributed by atoms with E-state index in [4.69, 9.17) is 0 Å². The highest BCUT2D eigenvalue weighted by atomic mass is 16.1. The maximum atomic E-state index is 11.2. The highest BCUT2D eigenvalue weighted by Crippen LogP contribution is 2.06. The Balaban J connectivity index is 2.82. The summed E-state index contributed by atoms with van der Waals surface area (Å²) in [6, 6.07) is 0. The predicted molar refractivity (Wildman–Crippen MR) is 68.4 cm³/mol. The van der Waals surface area contributed by atoms with E-state index in [0.717, 1.165) is 11.3 Å². The highest BCUT2D eigenvalue weighted by Gasteiger charge is 2.06. The molecule has 4 nitrogen and oxygen atoms in total. The van der Waals surface area contributed by atoms with Crippen LogP contribution < -0.4 is 5.32 Å². The van der Waals surface area contributed by atoms with Crippen LogP contribution in [0.3, 0.4) is 0 Å². The molecule has 0 saturated carbocycles. The summed E-state index contributed by atoms with van der Waals surface area (Å²) in [5.74, 6) is 0.621. The Morgan fingerprint density at radius 3 is 2.82 bits per heavy atom. The maximum Gasteiger partial charge on any atom is 0.224 e. The van der Waals surface area contributed by atoms with Gasteiger partial charge < -0.3 is 5.32 Å². The molecule has 1 amide bonds. The lowest BCUT2D eigenvalue weighted by atomic mass is 10.1. The predicted octanol–water partition coefficient (Wildman–Crippen LogP) is 1.66. The van der Waals surface area contributed by atoms with Crippen molar-refractivity contribution in [2.45, 2.75) is 20.3 Å². The first-order chi connectivity index (χ1) is 8.17. The van der Waals surface area contributed by atoms with Gasteiger partial charge in [0.15, 0.2) is 5.82 Å². The summed E-state index contributed by atoms with van der Waals surface area (Å²) in [7, 11) is 1.62. The topological polar surface area (TPSA) is 54.9 Å². The zero-order valence-corrected chi connectivity index (χ0v) is 10.4. The fraction of sp³-hybridized carbons (Fsp3) is 0.308. The van der Waals surface area contributed by atoms with Crippen LogP contribution in [0.25, 0.3) is 6.08 Å². The van der Waals surface area contributed by atoms with Crippen molar-refractivity contribution >= 4 is 12.0 Å². The van der Waals surface area contributed by atoms with Crippen LogP contribution in [0.15, 0.2) is 24.4 Å². The van der Waals surface area contributed by atoms with Gasteiger partial charge in [-0.25, -0.2) is 9.97 Å². The van der Waals surface area contributed by atoms with Crippen LogP contribution in [0.2, 0.25) is 0 Å². The zero-order valence-electron chi connectivity index (χ0n) is 10.4. The number of aromatic nitrogens is 2. The van der Waals surface area contributed by atoms with Crippen LogP contribution in [0.4, 0.5) is 0 Å². The fourth-order valence-electron chi connectivity index (χ4n) is 1.28. The van der Waals surface area contributed by atoms with Crippen molar-refractivity contribution < 1.29 is 4.79 Å². The number of carbonyl (C=O) groups excluding carboxylic acids is 1. The molecule has 1 aromatic rings. The number of nitrogens with zero attached hydrogens (tertiary/aromatic N) is 2. The molecule has 0 fully saturated rings. The molecule has 90 valence electrons. The molecule has 1 N–H and O–H groups in total. The van der Waals surface area contributed by atoms with Gasteiger partial charge in [-0.05, 0) is 19.9 Å². The molecule has 0 spiro atoms. The maximum absolute atomic E-state index is 11.2. The first-order valence-corrected chi connectivity index (χ1v) is 5.49. The summed E-state index contributed by atoms with van der Waals surface area (Å²) < 4.78 is 0. The van der Waals surface area contributed by atoms with E-state index in [-0.39, 0.29) is 5.91 Å². The molecule has 0 radical (unpaired) electrons. The molecule has 17 heavy (non-hydrogen) atoms. The number of carbonyl (C=O) groups is 1. The second-order valence-electron chi connectivity index (χ2n) is 3.57. The van der Waals surface area contributed by atoms with E-state index in [1.54, 1.807) is 13.2 Å². The van der Waals surface area contributed by atoms with Gasteiger partial charge in [-0.15, -0.1) is 0 Å². The Morgan fingerprint density at radius 2 is 2.24 bits per heavy atom. The molecule has 0 saturated heterocycles. The van der Waals surface area contributed by atoms with Crippen molar-refractivity contribution in [3.05, 3.63) is 41.5 Å². The molecule has 1 rings (SSSR count). The van der Waals surface area contributed by atoms with Gasteiger partial charge in [0.25, 0.3) is 0 Å². The summed E-state index contributed by atoms with van der Waals surface area (Å²) >= 11 is 0. The van der Waals surface area contributed by atoms with Gasteiger partial charge in [0.2, 0.25) is 5.91 Å². The molecule has 4 heteroatoms. The van der Waals surface area contributed by atoms with Crippen molar-refractivity contribution in [2.24, 2.45) is 0 Å². The average molecular weight is 231 g/mol. The third kappa shape index (κ3) is 4.18. The van der Waals surface area contributed by atoms with E-state index >= 15 is 0 Å². The monoisotopic (exact) mass is 231 g/mol. The first kappa shape index (κ1) is 13.1. The molecule has 0 aromatic carbocycles. The summed E-state index contributed by atoms with van der Waals surface area (Å²) in [5.41, 5.74) is 1.69. The van der Waals surface area contributed by atoms with Crippen LogP contribution in [-0.4, -0.2) is 22.9 Å². The smallest absolute Gasteiger partial charge is 0.224 e. The third-order valence-electron chi connectivity index (χ3n) is 2.28. The third-order valence-corrected chi connectivity index (χ3v) is 2.28.